The summed E-state index contributed by atoms with van der Waals surface area (Å²) in [6, 6.07) is 14.8. The number of aryl methyl sites for hydroxylation is 2. The van der Waals surface area contributed by atoms with Crippen LogP contribution < -0.4 is 4.74 Å². The van der Waals surface area contributed by atoms with Crippen molar-refractivity contribution >= 4 is 10.9 Å². The van der Waals surface area contributed by atoms with Crippen LogP contribution in [-0.4, -0.2) is 4.98 Å². The summed E-state index contributed by atoms with van der Waals surface area (Å²) < 4.78 is 5.84. The lowest BCUT2D eigenvalue weighted by atomic mass is 9.99. The van der Waals surface area contributed by atoms with E-state index in [0.717, 1.165) is 22.5 Å². The molecule has 98 valence electrons. The van der Waals surface area contributed by atoms with Gasteiger partial charge in [0.15, 0.2) is 0 Å². The van der Waals surface area contributed by atoms with Gasteiger partial charge in [-0.25, -0.2) is 4.98 Å². The third-order valence-corrected chi connectivity index (χ3v) is 3.82. The van der Waals surface area contributed by atoms with E-state index < -0.39 is 0 Å². The van der Waals surface area contributed by atoms with Gasteiger partial charge in [0.05, 0.1) is 11.2 Å². The van der Waals surface area contributed by atoms with Crippen molar-refractivity contribution in [3.8, 4) is 17.0 Å². The van der Waals surface area contributed by atoms with Gasteiger partial charge in [0.2, 0.25) is 0 Å². The predicted molar refractivity (Wildman–Crippen MR) is 81.0 cm³/mol. The topological polar surface area (TPSA) is 22.1 Å². The van der Waals surface area contributed by atoms with E-state index in [1.807, 2.05) is 6.07 Å². The first kappa shape index (κ1) is 11.5. The summed E-state index contributed by atoms with van der Waals surface area (Å²) in [7, 11) is 0. The molecule has 4 rings (SSSR count). The SMILES string of the molecule is Cc1ccc2c(c1)-c1nc3ccc(C)cc3cc1CO2. The number of rotatable bonds is 0. The molecule has 0 bridgehead atoms. The Bertz CT molecular complexity index is 836. The molecule has 0 saturated heterocycles. The van der Waals surface area contributed by atoms with Gasteiger partial charge in [-0.15, -0.1) is 0 Å². The molecule has 0 spiro atoms. The van der Waals surface area contributed by atoms with Crippen LogP contribution in [-0.2, 0) is 6.61 Å². The first-order valence-corrected chi connectivity index (χ1v) is 6.85. The Morgan fingerprint density at radius 2 is 1.75 bits per heavy atom. The van der Waals surface area contributed by atoms with Crippen molar-refractivity contribution in [3.63, 3.8) is 0 Å². The molecule has 1 aromatic heterocycles. The van der Waals surface area contributed by atoms with Crippen molar-refractivity contribution in [3.05, 3.63) is 59.2 Å². The molecule has 3 aromatic rings. The highest BCUT2D eigenvalue weighted by atomic mass is 16.5. The van der Waals surface area contributed by atoms with Gasteiger partial charge in [0.1, 0.15) is 12.4 Å². The lowest BCUT2D eigenvalue weighted by molar-refractivity contribution is 0.301. The summed E-state index contributed by atoms with van der Waals surface area (Å²) in [5, 5.41) is 1.18. The van der Waals surface area contributed by atoms with E-state index in [1.54, 1.807) is 0 Å². The van der Waals surface area contributed by atoms with Crippen LogP contribution in [0.1, 0.15) is 16.7 Å². The second kappa shape index (κ2) is 4.07. The van der Waals surface area contributed by atoms with Gasteiger partial charge >= 0.3 is 0 Å². The largest absolute Gasteiger partial charge is 0.488 e. The highest BCUT2D eigenvalue weighted by Gasteiger charge is 2.19. The highest BCUT2D eigenvalue weighted by Crippen LogP contribution is 2.38. The molecule has 0 amide bonds. The molecular weight excluding hydrogens is 246 g/mol. The Morgan fingerprint density at radius 3 is 2.65 bits per heavy atom. The highest BCUT2D eigenvalue weighted by molar-refractivity contribution is 5.85. The molecule has 2 aromatic carbocycles. The summed E-state index contributed by atoms with van der Waals surface area (Å²) in [6.07, 6.45) is 0. The van der Waals surface area contributed by atoms with Crippen molar-refractivity contribution in [1.29, 1.82) is 0 Å². The molecular formula is C18H15NO. The van der Waals surface area contributed by atoms with E-state index in [-0.39, 0.29) is 0 Å². The molecule has 1 aliphatic heterocycles. The van der Waals surface area contributed by atoms with Gasteiger partial charge in [0, 0.05) is 16.5 Å². The fourth-order valence-electron chi connectivity index (χ4n) is 2.79. The van der Waals surface area contributed by atoms with E-state index in [2.05, 4.69) is 50.2 Å². The molecule has 0 atom stereocenters. The number of ether oxygens (including phenoxy) is 1. The van der Waals surface area contributed by atoms with Gasteiger partial charge in [-0.2, -0.15) is 0 Å². The van der Waals surface area contributed by atoms with Gasteiger partial charge in [0.25, 0.3) is 0 Å². The Morgan fingerprint density at radius 1 is 0.950 bits per heavy atom. The van der Waals surface area contributed by atoms with E-state index in [9.17, 15) is 0 Å². The van der Waals surface area contributed by atoms with Crippen LogP contribution in [0.15, 0.2) is 42.5 Å². The summed E-state index contributed by atoms with van der Waals surface area (Å²) in [5.74, 6) is 0.932. The molecule has 0 fully saturated rings. The molecule has 0 unspecified atom stereocenters. The van der Waals surface area contributed by atoms with Gasteiger partial charge in [-0.05, 0) is 44.2 Å². The van der Waals surface area contributed by atoms with Gasteiger partial charge in [-0.3, -0.25) is 0 Å². The van der Waals surface area contributed by atoms with Crippen LogP contribution in [0.5, 0.6) is 5.75 Å². The van der Waals surface area contributed by atoms with Crippen LogP contribution in [0, 0.1) is 13.8 Å². The second-order valence-corrected chi connectivity index (χ2v) is 5.48. The third-order valence-electron chi connectivity index (χ3n) is 3.82. The minimum absolute atomic E-state index is 0.599. The molecule has 2 heterocycles. The fraction of sp³-hybridized carbons (Fsp3) is 0.167. The third kappa shape index (κ3) is 1.68. The van der Waals surface area contributed by atoms with Crippen molar-refractivity contribution in [2.24, 2.45) is 0 Å². The first-order valence-electron chi connectivity index (χ1n) is 6.85. The number of fused-ring (bicyclic) bond motifs is 4. The molecule has 0 aliphatic carbocycles. The number of hydrogen-bond acceptors (Lipinski definition) is 2. The smallest absolute Gasteiger partial charge is 0.129 e. The molecule has 20 heavy (non-hydrogen) atoms. The van der Waals surface area contributed by atoms with Crippen molar-refractivity contribution in [2.75, 3.05) is 0 Å². The van der Waals surface area contributed by atoms with Crippen molar-refractivity contribution in [1.82, 2.24) is 4.98 Å². The number of hydrogen-bond donors (Lipinski definition) is 0. The fourth-order valence-corrected chi connectivity index (χ4v) is 2.79. The Hall–Kier alpha value is -2.35. The minimum Gasteiger partial charge on any atom is -0.488 e. The predicted octanol–water partition coefficient (Wildman–Crippen LogP) is 4.41. The molecule has 0 saturated carbocycles. The van der Waals surface area contributed by atoms with E-state index in [0.29, 0.717) is 6.61 Å². The van der Waals surface area contributed by atoms with Crippen LogP contribution in [0.3, 0.4) is 0 Å². The van der Waals surface area contributed by atoms with Crippen molar-refractivity contribution in [2.45, 2.75) is 20.5 Å². The molecule has 0 radical (unpaired) electrons. The Kier molecular flexibility index (Phi) is 2.34. The maximum absolute atomic E-state index is 5.84. The lowest BCUT2D eigenvalue weighted by Crippen LogP contribution is -2.07. The standard InChI is InChI=1S/C18H15NO/c1-11-3-5-16-13(7-11)9-14-10-20-17-6-4-12(2)8-15(17)18(14)19-16/h3-9H,10H2,1-2H3. The maximum Gasteiger partial charge on any atom is 0.129 e. The molecule has 2 heteroatoms. The van der Waals surface area contributed by atoms with Crippen LogP contribution in [0.2, 0.25) is 0 Å². The zero-order valence-corrected chi connectivity index (χ0v) is 11.6. The monoisotopic (exact) mass is 261 g/mol. The Labute approximate surface area is 118 Å². The summed E-state index contributed by atoms with van der Waals surface area (Å²) in [5.41, 5.74) is 6.86. The summed E-state index contributed by atoms with van der Waals surface area (Å²) in [6.45, 7) is 4.80. The van der Waals surface area contributed by atoms with Gasteiger partial charge in [-0.1, -0.05) is 23.3 Å². The lowest BCUT2D eigenvalue weighted by Gasteiger charge is -2.21. The van der Waals surface area contributed by atoms with Crippen molar-refractivity contribution < 1.29 is 4.74 Å². The molecule has 1 aliphatic rings. The summed E-state index contributed by atoms with van der Waals surface area (Å²) >= 11 is 0. The number of aromatic nitrogens is 1. The van der Waals surface area contributed by atoms with Crippen LogP contribution in [0.4, 0.5) is 0 Å². The zero-order chi connectivity index (χ0) is 13.7. The van der Waals surface area contributed by atoms with E-state index in [1.165, 1.54) is 22.1 Å². The molecule has 2 nitrogen and oxygen atoms in total. The summed E-state index contributed by atoms with van der Waals surface area (Å²) in [4.78, 5) is 4.86. The Balaban J connectivity index is 2.02. The zero-order valence-electron chi connectivity index (χ0n) is 11.6. The second-order valence-electron chi connectivity index (χ2n) is 5.48. The minimum atomic E-state index is 0.599. The maximum atomic E-state index is 5.84. The van der Waals surface area contributed by atoms with Crippen LogP contribution in [0.25, 0.3) is 22.2 Å². The normalized spacial score (nSPS) is 12.7. The van der Waals surface area contributed by atoms with E-state index in [4.69, 9.17) is 9.72 Å². The average molecular weight is 261 g/mol. The number of benzene rings is 2. The van der Waals surface area contributed by atoms with Crippen LogP contribution >= 0.6 is 0 Å². The number of pyridine rings is 1. The number of nitrogens with zero attached hydrogens (tertiary/aromatic N) is 1. The van der Waals surface area contributed by atoms with E-state index >= 15 is 0 Å². The first-order chi connectivity index (χ1) is 9.70. The average Bonchev–Trinajstić information content (AvgIpc) is 2.45. The molecule has 0 N–H and O–H groups in total. The van der Waals surface area contributed by atoms with Gasteiger partial charge < -0.3 is 4.74 Å². The quantitative estimate of drug-likeness (QED) is 0.598.